The number of aldehydes is 1. The first kappa shape index (κ1) is 42.4. The first-order valence-electron chi connectivity index (χ1n) is 20.1. The van der Waals surface area contributed by atoms with E-state index in [1.54, 1.807) is 43.3 Å². The Hall–Kier alpha value is -5.17. The van der Waals surface area contributed by atoms with Gasteiger partial charge in [0.2, 0.25) is 11.7 Å². The number of hydrogen-bond acceptors (Lipinski definition) is 11. The first-order valence-corrected chi connectivity index (χ1v) is 20.1. The van der Waals surface area contributed by atoms with Gasteiger partial charge in [-0.25, -0.2) is 0 Å². The van der Waals surface area contributed by atoms with E-state index in [9.17, 15) is 19.8 Å². The molecule has 3 aromatic rings. The Kier molecular flexibility index (Phi) is 14.3. The van der Waals surface area contributed by atoms with Crippen molar-refractivity contribution < 1.29 is 48.3 Å². The van der Waals surface area contributed by atoms with Crippen LogP contribution in [0.15, 0.2) is 90.1 Å². The number of nitrogens with zero attached hydrogens (tertiary/aromatic N) is 2. The zero-order valence-corrected chi connectivity index (χ0v) is 33.9. The number of aliphatic hydroxyl groups excluding tert-OH is 2. The van der Waals surface area contributed by atoms with Crippen molar-refractivity contribution >= 4 is 17.9 Å². The summed E-state index contributed by atoms with van der Waals surface area (Å²) in [5, 5.41) is 24.3. The van der Waals surface area contributed by atoms with Crippen molar-refractivity contribution in [1.29, 1.82) is 0 Å². The van der Waals surface area contributed by atoms with Gasteiger partial charge in [0, 0.05) is 38.2 Å². The largest absolute Gasteiger partial charge is 0.497 e. The molecule has 1 aliphatic heterocycles. The number of hydrogen-bond donors (Lipinski definition) is 2. The number of aliphatic hydroxyl groups is 2. The first-order chi connectivity index (χ1) is 28.2. The average molecular weight is 797 g/mol. The van der Waals surface area contributed by atoms with E-state index < -0.39 is 17.7 Å². The van der Waals surface area contributed by atoms with Crippen LogP contribution in [0, 0.1) is 17.8 Å². The van der Waals surface area contributed by atoms with Gasteiger partial charge in [-0.1, -0.05) is 42.3 Å². The van der Waals surface area contributed by atoms with Gasteiger partial charge in [0.05, 0.1) is 44.4 Å². The second-order valence-electron chi connectivity index (χ2n) is 15.1. The molecule has 0 aromatic heterocycles. The molecule has 6 rings (SSSR count). The Morgan fingerprint density at radius 3 is 2.43 bits per heavy atom. The molecule has 6 atom stereocenters. The number of benzene rings is 3. The van der Waals surface area contributed by atoms with Crippen LogP contribution >= 0.6 is 0 Å². The predicted octanol–water partition coefficient (Wildman–Crippen LogP) is 7.27. The van der Waals surface area contributed by atoms with Crippen molar-refractivity contribution in [2.24, 2.45) is 22.9 Å². The monoisotopic (exact) mass is 796 g/mol. The summed E-state index contributed by atoms with van der Waals surface area (Å²) in [6, 6.07) is 17.7. The lowest BCUT2D eigenvalue weighted by Gasteiger charge is -2.59. The van der Waals surface area contributed by atoms with E-state index >= 15 is 0 Å². The van der Waals surface area contributed by atoms with Gasteiger partial charge < -0.3 is 43.6 Å². The number of ether oxygens (including phenoxy) is 5. The molecule has 0 saturated heterocycles. The minimum atomic E-state index is -1.37. The van der Waals surface area contributed by atoms with Crippen LogP contribution in [0.3, 0.4) is 0 Å². The Bertz CT molecular complexity index is 1980. The van der Waals surface area contributed by atoms with Gasteiger partial charge in [-0.2, -0.15) is 0 Å². The van der Waals surface area contributed by atoms with Crippen molar-refractivity contribution in [2.75, 3.05) is 48.2 Å². The molecule has 1 fully saturated rings. The minimum Gasteiger partial charge on any atom is -0.497 e. The molecule has 58 heavy (non-hydrogen) atoms. The topological polar surface area (TPSA) is 146 Å². The summed E-state index contributed by atoms with van der Waals surface area (Å²) >= 11 is 0. The highest BCUT2D eigenvalue weighted by Gasteiger charge is 2.65. The van der Waals surface area contributed by atoms with Crippen LogP contribution in [-0.4, -0.2) is 93.0 Å². The molecule has 1 saturated carbocycles. The fraction of sp³-hybridized carbons (Fsp3) is 0.457. The fourth-order valence-electron chi connectivity index (χ4n) is 9.16. The zero-order valence-electron chi connectivity index (χ0n) is 33.9. The molecule has 12 heteroatoms. The molecule has 2 N–H and O–H groups in total. The summed E-state index contributed by atoms with van der Waals surface area (Å²) in [4.78, 5) is 33.5. The smallest absolute Gasteiger partial charge is 0.239 e. The quantitative estimate of drug-likeness (QED) is 0.0518. The van der Waals surface area contributed by atoms with Crippen molar-refractivity contribution in [3.63, 3.8) is 0 Å². The number of amides is 1. The standard InChI is InChI=1S/C46H56N2O10/c1-6-22-56-46-42(48(2)43(52)24-30-12-11-14-33(23-30)53-3)28-39(47-55-5)37-26-31(13-7-9-20-49)36(15-8-10-21-50)44(45(37)46)38-27-35(17-19-41(38)58-46)57-34-16-18-40(54-4)32(25-34)29-51/h6,11-12,14,16-19,23,25-27,29,31,36,42,44-45,49-50H,1,7-10,13,15,20-22,24,28H2,2-5H3/t31-,36+,42-,44+,45+,46+/m0/s1. The van der Waals surface area contributed by atoms with Crippen LogP contribution in [0.1, 0.15) is 72.3 Å². The number of likely N-dealkylation sites (N-methyl/N-ethyl adjacent to an activating group) is 1. The van der Waals surface area contributed by atoms with E-state index in [0.717, 1.165) is 48.7 Å². The molecule has 0 bridgehead atoms. The maximum absolute atomic E-state index is 14.4. The van der Waals surface area contributed by atoms with Crippen molar-refractivity contribution in [3.05, 3.63) is 102 Å². The molecule has 1 heterocycles. The molecule has 0 radical (unpaired) electrons. The lowest BCUT2D eigenvalue weighted by molar-refractivity contribution is -0.255. The normalized spacial score (nSPS) is 23.7. The highest BCUT2D eigenvalue weighted by molar-refractivity contribution is 6.03. The molecular weight excluding hydrogens is 741 g/mol. The molecule has 2 aliphatic carbocycles. The molecule has 3 aromatic carbocycles. The number of carbonyl (C=O) groups excluding carboxylic acids is 2. The van der Waals surface area contributed by atoms with Crippen molar-refractivity contribution in [1.82, 2.24) is 4.90 Å². The summed E-state index contributed by atoms with van der Waals surface area (Å²) in [5.41, 5.74) is 3.74. The molecule has 12 nitrogen and oxygen atoms in total. The van der Waals surface area contributed by atoms with E-state index in [0.29, 0.717) is 59.3 Å². The number of oxime groups is 1. The second kappa shape index (κ2) is 19.5. The Balaban J connectivity index is 1.52. The lowest BCUT2D eigenvalue weighted by atomic mass is 9.55. The summed E-state index contributed by atoms with van der Waals surface area (Å²) < 4.78 is 31.4. The Morgan fingerprint density at radius 1 is 0.966 bits per heavy atom. The number of carbonyl (C=O) groups is 2. The lowest BCUT2D eigenvalue weighted by Crippen LogP contribution is -2.69. The van der Waals surface area contributed by atoms with Crippen LogP contribution < -0.4 is 18.9 Å². The summed E-state index contributed by atoms with van der Waals surface area (Å²) in [6.45, 7) is 4.33. The Morgan fingerprint density at radius 2 is 1.72 bits per heavy atom. The van der Waals surface area contributed by atoms with Gasteiger partial charge in [0.15, 0.2) is 6.29 Å². The second-order valence-corrected chi connectivity index (χ2v) is 15.1. The summed E-state index contributed by atoms with van der Waals surface area (Å²) in [5.74, 6) is 0.692. The highest BCUT2D eigenvalue weighted by Crippen LogP contribution is 2.62. The van der Waals surface area contributed by atoms with Gasteiger partial charge in [-0.3, -0.25) is 9.59 Å². The van der Waals surface area contributed by atoms with Crippen LogP contribution in [-0.2, 0) is 20.8 Å². The van der Waals surface area contributed by atoms with E-state index in [-0.39, 0.29) is 49.9 Å². The molecule has 0 spiro atoms. The van der Waals surface area contributed by atoms with Crippen LogP contribution in [0.25, 0.3) is 0 Å². The van der Waals surface area contributed by atoms with Gasteiger partial charge in [-0.15, -0.1) is 6.58 Å². The third kappa shape index (κ3) is 8.79. The van der Waals surface area contributed by atoms with Crippen LogP contribution in [0.2, 0.25) is 0 Å². The van der Waals surface area contributed by atoms with Gasteiger partial charge in [0.1, 0.15) is 41.9 Å². The number of allylic oxidation sites excluding steroid dienone is 1. The molecule has 310 valence electrons. The van der Waals surface area contributed by atoms with E-state index in [1.807, 2.05) is 42.5 Å². The minimum absolute atomic E-state index is 0.0478. The molecular formula is C46H56N2O10. The molecule has 3 aliphatic rings. The van der Waals surface area contributed by atoms with Gasteiger partial charge in [0.25, 0.3) is 0 Å². The highest BCUT2D eigenvalue weighted by atomic mass is 16.7. The number of rotatable bonds is 20. The zero-order chi connectivity index (χ0) is 41.2. The Labute approximate surface area is 341 Å². The molecule has 0 unspecified atom stereocenters. The fourth-order valence-corrected chi connectivity index (χ4v) is 9.16. The average Bonchev–Trinajstić information content (AvgIpc) is 3.24. The summed E-state index contributed by atoms with van der Waals surface area (Å²) in [6.07, 6.45) is 9.70. The van der Waals surface area contributed by atoms with Crippen LogP contribution in [0.5, 0.6) is 28.7 Å². The van der Waals surface area contributed by atoms with Crippen molar-refractivity contribution in [2.45, 2.75) is 69.1 Å². The molecule has 1 amide bonds. The summed E-state index contributed by atoms with van der Waals surface area (Å²) in [7, 11) is 6.43. The van der Waals surface area contributed by atoms with Crippen LogP contribution in [0.4, 0.5) is 0 Å². The number of unbranched alkanes of at least 4 members (excludes halogenated alkanes) is 2. The predicted molar refractivity (Wildman–Crippen MR) is 220 cm³/mol. The SMILES string of the molecule is C=CCO[C@@]12Oc3ccc(Oc4ccc(OC)c(C=O)c4)cc3[C@H]3[C@H](CCCCO)[C@@H](CCCCO)C=C(C(=NOC)C[C@@H]1N(C)C(=O)Cc1cccc(OC)c1)[C@H]32. The number of fused-ring (bicyclic) bond motifs is 2. The van der Waals surface area contributed by atoms with E-state index in [4.69, 9.17) is 28.5 Å². The third-order valence-electron chi connectivity index (χ3n) is 11.8. The third-order valence-corrected chi connectivity index (χ3v) is 11.8. The van der Waals surface area contributed by atoms with E-state index in [1.165, 1.54) is 14.2 Å². The maximum Gasteiger partial charge on any atom is 0.239 e. The van der Waals surface area contributed by atoms with Gasteiger partial charge in [-0.05, 0) is 97.2 Å². The van der Waals surface area contributed by atoms with Crippen molar-refractivity contribution in [3.8, 4) is 28.7 Å². The number of methoxy groups -OCH3 is 2. The van der Waals surface area contributed by atoms with Gasteiger partial charge >= 0.3 is 0 Å². The van der Waals surface area contributed by atoms with E-state index in [2.05, 4.69) is 17.8 Å². The maximum atomic E-state index is 14.4.